The molecule has 7 nitrogen and oxygen atoms in total. The smallest absolute Gasteiger partial charge is 0.416 e. The summed E-state index contributed by atoms with van der Waals surface area (Å²) < 4.78 is 54.4. The predicted molar refractivity (Wildman–Crippen MR) is 84.6 cm³/mol. The molecule has 27 heavy (non-hydrogen) atoms. The van der Waals surface area contributed by atoms with Crippen LogP contribution in [0.15, 0.2) is 36.4 Å². The number of alkyl halides is 3. The second-order valence-electron chi connectivity index (χ2n) is 5.50. The Hall–Kier alpha value is -3.30. The van der Waals surface area contributed by atoms with Crippen molar-refractivity contribution in [1.29, 1.82) is 0 Å². The Morgan fingerprint density at radius 1 is 1.15 bits per heavy atom. The molecule has 0 radical (unpaired) electrons. The molecule has 142 valence electrons. The molecule has 10 heteroatoms. The van der Waals surface area contributed by atoms with Gasteiger partial charge in [0.2, 0.25) is 0 Å². The van der Waals surface area contributed by atoms with Crippen LogP contribution in [0.1, 0.15) is 21.5 Å². The second-order valence-corrected chi connectivity index (χ2v) is 5.50. The van der Waals surface area contributed by atoms with E-state index in [4.69, 9.17) is 14.2 Å². The van der Waals surface area contributed by atoms with Gasteiger partial charge in [-0.1, -0.05) is 18.2 Å². The summed E-state index contributed by atoms with van der Waals surface area (Å²) in [6.45, 7) is -0.305. The number of benzene rings is 2. The lowest BCUT2D eigenvalue weighted by Gasteiger charge is -2.18. The first-order valence-electron chi connectivity index (χ1n) is 7.67. The van der Waals surface area contributed by atoms with E-state index in [0.717, 1.165) is 24.3 Å². The van der Waals surface area contributed by atoms with Crippen molar-refractivity contribution >= 4 is 11.7 Å². The number of rotatable bonds is 4. The van der Waals surface area contributed by atoms with Gasteiger partial charge >= 0.3 is 12.1 Å². The lowest BCUT2D eigenvalue weighted by Crippen LogP contribution is -2.17. The molecule has 2 aromatic carbocycles. The Labute approximate surface area is 150 Å². The topological polar surface area (TPSA) is 87.9 Å². The first kappa shape index (κ1) is 18.5. The molecule has 0 saturated heterocycles. The van der Waals surface area contributed by atoms with E-state index in [1.807, 2.05) is 0 Å². The Bertz CT molecular complexity index is 897. The highest BCUT2D eigenvalue weighted by Crippen LogP contribution is 2.37. The van der Waals surface area contributed by atoms with E-state index < -0.39 is 40.5 Å². The Morgan fingerprint density at radius 3 is 2.41 bits per heavy atom. The van der Waals surface area contributed by atoms with Gasteiger partial charge in [-0.2, -0.15) is 13.2 Å². The number of nitro groups is 1. The van der Waals surface area contributed by atoms with Crippen molar-refractivity contribution in [2.24, 2.45) is 0 Å². The average Bonchev–Trinajstić information content (AvgIpc) is 2.64. The summed E-state index contributed by atoms with van der Waals surface area (Å²) in [4.78, 5) is 22.7. The molecule has 0 unspecified atom stereocenters. The monoisotopic (exact) mass is 383 g/mol. The quantitative estimate of drug-likeness (QED) is 0.454. The molecule has 0 aliphatic carbocycles. The van der Waals surface area contributed by atoms with Gasteiger partial charge in [-0.05, 0) is 6.07 Å². The molecule has 0 amide bonds. The van der Waals surface area contributed by atoms with Crippen LogP contribution in [-0.2, 0) is 17.5 Å². The third kappa shape index (κ3) is 3.94. The van der Waals surface area contributed by atoms with Crippen LogP contribution < -0.4 is 9.47 Å². The van der Waals surface area contributed by atoms with Crippen LogP contribution in [-0.4, -0.2) is 24.1 Å². The first-order chi connectivity index (χ1) is 12.8. The minimum Gasteiger partial charge on any atom is -0.486 e. The highest BCUT2D eigenvalue weighted by atomic mass is 19.4. The second kappa shape index (κ2) is 7.14. The fourth-order valence-electron chi connectivity index (χ4n) is 2.54. The lowest BCUT2D eigenvalue weighted by atomic mass is 10.1. The summed E-state index contributed by atoms with van der Waals surface area (Å²) in [6.07, 6.45) is -4.62. The van der Waals surface area contributed by atoms with E-state index in [-0.39, 0.29) is 30.3 Å². The van der Waals surface area contributed by atoms with E-state index in [0.29, 0.717) is 0 Å². The zero-order chi connectivity index (χ0) is 19.6. The largest absolute Gasteiger partial charge is 0.486 e. The van der Waals surface area contributed by atoms with E-state index in [1.165, 1.54) is 12.1 Å². The van der Waals surface area contributed by atoms with Crippen LogP contribution in [0.4, 0.5) is 18.9 Å². The number of hydrogen-bond acceptors (Lipinski definition) is 6. The third-order valence-electron chi connectivity index (χ3n) is 3.76. The zero-order valence-electron chi connectivity index (χ0n) is 13.6. The van der Waals surface area contributed by atoms with Gasteiger partial charge in [0.1, 0.15) is 25.4 Å². The lowest BCUT2D eigenvalue weighted by molar-refractivity contribution is -0.385. The number of carbonyl (C=O) groups excluding carboxylic acids is 1. The van der Waals surface area contributed by atoms with Crippen LogP contribution in [0.5, 0.6) is 11.5 Å². The van der Waals surface area contributed by atoms with Gasteiger partial charge in [-0.15, -0.1) is 0 Å². The minimum absolute atomic E-state index is 0.104. The highest BCUT2D eigenvalue weighted by Gasteiger charge is 2.33. The van der Waals surface area contributed by atoms with E-state index >= 15 is 0 Å². The molecule has 2 aromatic rings. The van der Waals surface area contributed by atoms with E-state index in [1.54, 1.807) is 0 Å². The molecule has 0 saturated carbocycles. The fraction of sp³-hybridized carbons (Fsp3) is 0.235. The van der Waals surface area contributed by atoms with Crippen LogP contribution >= 0.6 is 0 Å². The van der Waals surface area contributed by atoms with Crippen molar-refractivity contribution < 1.29 is 37.1 Å². The zero-order valence-corrected chi connectivity index (χ0v) is 13.6. The van der Waals surface area contributed by atoms with E-state index in [9.17, 15) is 28.1 Å². The van der Waals surface area contributed by atoms with Crippen molar-refractivity contribution in [3.05, 3.63) is 63.2 Å². The number of carbonyl (C=O) groups is 1. The number of fused-ring (bicyclic) bond motifs is 1. The maximum absolute atomic E-state index is 13.0. The molecule has 0 bridgehead atoms. The van der Waals surface area contributed by atoms with Gasteiger partial charge in [0.25, 0.3) is 5.69 Å². The predicted octanol–water partition coefficient (Wildman–Crippen LogP) is 3.74. The summed E-state index contributed by atoms with van der Waals surface area (Å²) in [5.41, 5.74) is -2.24. The maximum Gasteiger partial charge on any atom is 0.416 e. The van der Waals surface area contributed by atoms with Crippen molar-refractivity contribution in [3.63, 3.8) is 0 Å². The Morgan fingerprint density at radius 2 is 1.78 bits per heavy atom. The molecular weight excluding hydrogens is 371 g/mol. The molecule has 0 spiro atoms. The molecular formula is C17H12F3NO6. The third-order valence-corrected chi connectivity index (χ3v) is 3.76. The Kier molecular flexibility index (Phi) is 4.89. The van der Waals surface area contributed by atoms with Gasteiger partial charge in [-0.3, -0.25) is 10.1 Å². The number of nitrogens with zero attached hydrogens (tertiary/aromatic N) is 1. The van der Waals surface area contributed by atoms with Gasteiger partial charge in [0.05, 0.1) is 16.6 Å². The summed E-state index contributed by atoms with van der Waals surface area (Å²) >= 11 is 0. The molecule has 1 aliphatic rings. The van der Waals surface area contributed by atoms with Crippen LogP contribution in [0.3, 0.4) is 0 Å². The van der Waals surface area contributed by atoms with Crippen molar-refractivity contribution in [2.75, 3.05) is 13.2 Å². The summed E-state index contributed by atoms with van der Waals surface area (Å²) in [5, 5.41) is 11.2. The van der Waals surface area contributed by atoms with Crippen LogP contribution in [0.25, 0.3) is 0 Å². The molecule has 0 N–H and O–H groups in total. The molecule has 0 fully saturated rings. The molecule has 0 atom stereocenters. The van der Waals surface area contributed by atoms with Gasteiger partial charge < -0.3 is 14.2 Å². The van der Waals surface area contributed by atoms with Crippen molar-refractivity contribution in [3.8, 4) is 11.5 Å². The normalized spacial score (nSPS) is 13.1. The Balaban J connectivity index is 1.86. The number of esters is 1. The minimum atomic E-state index is -4.62. The molecule has 1 aliphatic heterocycles. The molecule has 0 aromatic heterocycles. The summed E-state index contributed by atoms with van der Waals surface area (Å²) in [7, 11) is 0. The average molecular weight is 383 g/mol. The standard InChI is InChI=1S/C17H12F3NO6/c18-17(19,20)12-4-2-1-3-10(12)9-27-16(22)11-7-14-15(26-6-5-25-14)8-13(11)21(23)24/h1-4,7-8H,5-6,9H2. The fourth-order valence-corrected chi connectivity index (χ4v) is 2.54. The van der Waals surface area contributed by atoms with E-state index in [2.05, 4.69) is 0 Å². The SMILES string of the molecule is O=C(OCc1ccccc1C(F)(F)F)c1cc2c(cc1[N+](=O)[O-])OCCO2. The number of halogens is 3. The number of ether oxygens (including phenoxy) is 3. The van der Waals surface area contributed by atoms with Crippen LogP contribution in [0, 0.1) is 10.1 Å². The first-order valence-corrected chi connectivity index (χ1v) is 7.67. The number of nitro benzene ring substituents is 1. The van der Waals surface area contributed by atoms with Gasteiger partial charge in [0.15, 0.2) is 11.5 Å². The molecule has 1 heterocycles. The van der Waals surface area contributed by atoms with Crippen LogP contribution in [0.2, 0.25) is 0 Å². The van der Waals surface area contributed by atoms with Gasteiger partial charge in [-0.25, -0.2) is 4.79 Å². The maximum atomic E-state index is 13.0. The highest BCUT2D eigenvalue weighted by molar-refractivity contribution is 5.95. The summed E-state index contributed by atoms with van der Waals surface area (Å²) in [6, 6.07) is 6.70. The van der Waals surface area contributed by atoms with Gasteiger partial charge in [0, 0.05) is 11.6 Å². The summed E-state index contributed by atoms with van der Waals surface area (Å²) in [5.74, 6) is -0.919. The number of hydrogen-bond donors (Lipinski definition) is 0. The van der Waals surface area contributed by atoms with Crippen molar-refractivity contribution in [2.45, 2.75) is 12.8 Å². The molecule has 3 rings (SSSR count). The van der Waals surface area contributed by atoms with Crippen molar-refractivity contribution in [1.82, 2.24) is 0 Å².